The molecule has 1 aliphatic rings. The molecular weight excluding hydrogens is 294 g/mol. The molecule has 1 aliphatic heterocycles. The van der Waals surface area contributed by atoms with Crippen molar-refractivity contribution in [3.63, 3.8) is 0 Å². The van der Waals surface area contributed by atoms with Crippen LogP contribution in [-0.4, -0.2) is 48.8 Å². The van der Waals surface area contributed by atoms with Crippen LogP contribution < -0.4 is 10.6 Å². The van der Waals surface area contributed by atoms with E-state index in [4.69, 9.17) is 0 Å². The van der Waals surface area contributed by atoms with Crippen LogP contribution in [0.15, 0.2) is 30.3 Å². The van der Waals surface area contributed by atoms with Gasteiger partial charge in [-0.1, -0.05) is 30.3 Å². The molecule has 0 bridgehead atoms. The summed E-state index contributed by atoms with van der Waals surface area (Å²) < 4.78 is 0. The molecule has 6 nitrogen and oxygen atoms in total. The summed E-state index contributed by atoms with van der Waals surface area (Å²) in [5, 5.41) is 5.35. The standard InChI is InChI=1S/C17H23N3O3/c21-15(12-14-6-2-1-3-7-14)19-13-16(22)18-9-5-11-20-10-4-8-17(20)23/h1-3,6-7H,4-5,8-13H2,(H,18,22)(H,19,21). The summed E-state index contributed by atoms with van der Waals surface area (Å²) in [6.07, 6.45) is 2.57. The monoisotopic (exact) mass is 317 g/mol. The van der Waals surface area contributed by atoms with E-state index < -0.39 is 0 Å². The molecule has 0 aliphatic carbocycles. The fourth-order valence-corrected chi connectivity index (χ4v) is 2.52. The minimum atomic E-state index is -0.209. The number of benzene rings is 1. The second-order valence-corrected chi connectivity index (χ2v) is 5.63. The number of rotatable bonds is 8. The highest BCUT2D eigenvalue weighted by Gasteiger charge is 2.18. The predicted octanol–water partition coefficient (Wildman–Crippen LogP) is 0.474. The Bertz CT molecular complexity index is 545. The van der Waals surface area contributed by atoms with Crippen molar-refractivity contribution in [3.05, 3.63) is 35.9 Å². The minimum absolute atomic E-state index is 0.0195. The van der Waals surface area contributed by atoms with Gasteiger partial charge in [0.25, 0.3) is 0 Å². The van der Waals surface area contributed by atoms with Crippen molar-refractivity contribution in [2.45, 2.75) is 25.7 Å². The lowest BCUT2D eigenvalue weighted by Gasteiger charge is -2.15. The van der Waals surface area contributed by atoms with Crippen molar-refractivity contribution in [2.24, 2.45) is 0 Å². The lowest BCUT2D eigenvalue weighted by molar-refractivity contribution is -0.127. The molecular formula is C17H23N3O3. The number of nitrogens with one attached hydrogen (secondary N) is 2. The fourth-order valence-electron chi connectivity index (χ4n) is 2.52. The van der Waals surface area contributed by atoms with Gasteiger partial charge in [-0.3, -0.25) is 14.4 Å². The van der Waals surface area contributed by atoms with Crippen molar-refractivity contribution in [1.29, 1.82) is 0 Å². The van der Waals surface area contributed by atoms with Crippen molar-refractivity contribution in [2.75, 3.05) is 26.2 Å². The van der Waals surface area contributed by atoms with Crippen LogP contribution >= 0.6 is 0 Å². The highest BCUT2D eigenvalue weighted by molar-refractivity contribution is 5.85. The molecule has 0 radical (unpaired) electrons. The second kappa shape index (κ2) is 8.92. The third-order valence-corrected chi connectivity index (χ3v) is 3.75. The summed E-state index contributed by atoms with van der Waals surface area (Å²) in [5.41, 5.74) is 0.917. The molecule has 3 amide bonds. The van der Waals surface area contributed by atoms with Crippen LogP contribution in [0.3, 0.4) is 0 Å². The van der Waals surface area contributed by atoms with Gasteiger partial charge in [-0.05, 0) is 18.4 Å². The van der Waals surface area contributed by atoms with E-state index in [1.165, 1.54) is 0 Å². The van der Waals surface area contributed by atoms with Crippen LogP contribution in [0.2, 0.25) is 0 Å². The Balaban J connectivity index is 1.54. The molecule has 124 valence electrons. The van der Waals surface area contributed by atoms with Gasteiger partial charge in [0.05, 0.1) is 13.0 Å². The largest absolute Gasteiger partial charge is 0.355 e. The summed E-state index contributed by atoms with van der Waals surface area (Å²) in [6, 6.07) is 9.39. The summed E-state index contributed by atoms with van der Waals surface area (Å²) in [4.78, 5) is 36.6. The van der Waals surface area contributed by atoms with Crippen LogP contribution in [0.1, 0.15) is 24.8 Å². The zero-order valence-corrected chi connectivity index (χ0v) is 13.2. The normalized spacial score (nSPS) is 13.9. The third-order valence-electron chi connectivity index (χ3n) is 3.75. The Morgan fingerprint density at radius 2 is 1.87 bits per heavy atom. The van der Waals surface area contributed by atoms with Crippen LogP contribution in [0.25, 0.3) is 0 Å². The van der Waals surface area contributed by atoms with Gasteiger partial charge in [-0.2, -0.15) is 0 Å². The van der Waals surface area contributed by atoms with E-state index >= 15 is 0 Å². The Kier molecular flexibility index (Phi) is 6.59. The number of amides is 3. The van der Waals surface area contributed by atoms with E-state index in [9.17, 15) is 14.4 Å². The first-order valence-electron chi connectivity index (χ1n) is 8.00. The topological polar surface area (TPSA) is 78.5 Å². The van der Waals surface area contributed by atoms with Crippen LogP contribution in [0.5, 0.6) is 0 Å². The number of carbonyl (C=O) groups excluding carboxylic acids is 3. The average Bonchev–Trinajstić information content (AvgIpc) is 2.96. The molecule has 23 heavy (non-hydrogen) atoms. The number of carbonyl (C=O) groups is 3. The SMILES string of the molecule is O=C(CNC(=O)Cc1ccccc1)NCCCN1CCCC1=O. The second-order valence-electron chi connectivity index (χ2n) is 5.63. The molecule has 1 fully saturated rings. The van der Waals surface area contributed by atoms with E-state index in [2.05, 4.69) is 10.6 Å². The Labute approximate surface area is 136 Å². The highest BCUT2D eigenvalue weighted by Crippen LogP contribution is 2.09. The van der Waals surface area contributed by atoms with Gasteiger partial charge in [0.1, 0.15) is 0 Å². The van der Waals surface area contributed by atoms with Crippen molar-refractivity contribution in [3.8, 4) is 0 Å². The van der Waals surface area contributed by atoms with Crippen molar-refractivity contribution >= 4 is 17.7 Å². The van der Waals surface area contributed by atoms with Gasteiger partial charge < -0.3 is 15.5 Å². The first-order valence-corrected chi connectivity index (χ1v) is 8.00. The fraction of sp³-hybridized carbons (Fsp3) is 0.471. The molecule has 1 aromatic rings. The number of hydrogen-bond acceptors (Lipinski definition) is 3. The summed E-state index contributed by atoms with van der Waals surface area (Å²) in [6.45, 7) is 1.99. The first kappa shape index (κ1) is 17.0. The Morgan fingerprint density at radius 3 is 2.57 bits per heavy atom. The Hall–Kier alpha value is -2.37. The molecule has 2 rings (SSSR count). The maximum absolute atomic E-state index is 11.7. The zero-order valence-electron chi connectivity index (χ0n) is 13.2. The van der Waals surface area contributed by atoms with Gasteiger partial charge >= 0.3 is 0 Å². The maximum atomic E-state index is 11.7. The lowest BCUT2D eigenvalue weighted by atomic mass is 10.1. The van der Waals surface area contributed by atoms with Gasteiger partial charge in [0.15, 0.2) is 0 Å². The van der Waals surface area contributed by atoms with E-state index in [1.807, 2.05) is 35.2 Å². The first-order chi connectivity index (χ1) is 11.1. The van der Waals surface area contributed by atoms with E-state index in [0.29, 0.717) is 19.5 Å². The van der Waals surface area contributed by atoms with Crippen molar-refractivity contribution < 1.29 is 14.4 Å². The smallest absolute Gasteiger partial charge is 0.239 e. The van der Waals surface area contributed by atoms with E-state index in [-0.39, 0.29) is 30.7 Å². The average molecular weight is 317 g/mol. The third kappa shape index (κ3) is 6.10. The molecule has 2 N–H and O–H groups in total. The molecule has 0 aromatic heterocycles. The van der Waals surface area contributed by atoms with Gasteiger partial charge in [0, 0.05) is 26.1 Å². The predicted molar refractivity (Wildman–Crippen MR) is 86.6 cm³/mol. The van der Waals surface area contributed by atoms with Gasteiger partial charge in [-0.25, -0.2) is 0 Å². The molecule has 1 aromatic carbocycles. The zero-order chi connectivity index (χ0) is 16.5. The van der Waals surface area contributed by atoms with Crippen molar-refractivity contribution in [1.82, 2.24) is 15.5 Å². The molecule has 0 spiro atoms. The Morgan fingerprint density at radius 1 is 1.09 bits per heavy atom. The van der Waals surface area contributed by atoms with Gasteiger partial charge in [-0.15, -0.1) is 0 Å². The number of nitrogens with zero attached hydrogens (tertiary/aromatic N) is 1. The quantitative estimate of drug-likeness (QED) is 0.684. The van der Waals surface area contributed by atoms with Gasteiger partial charge in [0.2, 0.25) is 17.7 Å². The summed E-state index contributed by atoms with van der Waals surface area (Å²) in [5.74, 6) is -0.183. The molecule has 1 heterocycles. The van der Waals surface area contributed by atoms with Crippen LogP contribution in [-0.2, 0) is 20.8 Å². The van der Waals surface area contributed by atoms with E-state index in [1.54, 1.807) is 0 Å². The van der Waals surface area contributed by atoms with E-state index in [0.717, 1.165) is 24.9 Å². The summed E-state index contributed by atoms with van der Waals surface area (Å²) >= 11 is 0. The molecule has 0 saturated carbocycles. The highest BCUT2D eigenvalue weighted by atomic mass is 16.2. The molecule has 0 unspecified atom stereocenters. The maximum Gasteiger partial charge on any atom is 0.239 e. The molecule has 0 atom stereocenters. The number of likely N-dealkylation sites (tertiary alicyclic amines) is 1. The summed E-state index contributed by atoms with van der Waals surface area (Å²) in [7, 11) is 0. The van der Waals surface area contributed by atoms with Crippen LogP contribution in [0.4, 0.5) is 0 Å². The number of hydrogen-bond donors (Lipinski definition) is 2. The minimum Gasteiger partial charge on any atom is -0.355 e. The lowest BCUT2D eigenvalue weighted by Crippen LogP contribution is -2.38. The van der Waals surface area contributed by atoms with Crippen LogP contribution in [0, 0.1) is 0 Å². The molecule has 6 heteroatoms. The molecule has 1 saturated heterocycles.